The summed E-state index contributed by atoms with van der Waals surface area (Å²) in [4.78, 5) is 0. The van der Waals surface area contributed by atoms with E-state index in [1.54, 1.807) is 4.68 Å². The molecule has 0 spiro atoms. The Morgan fingerprint density at radius 3 is 2.33 bits per heavy atom. The van der Waals surface area contributed by atoms with Gasteiger partial charge in [-0.1, -0.05) is 59.7 Å². The van der Waals surface area contributed by atoms with Gasteiger partial charge in [-0.05, 0) is 52.7 Å². The zero-order valence-corrected chi connectivity index (χ0v) is 16.7. The van der Waals surface area contributed by atoms with Gasteiger partial charge in [-0.15, -0.1) is 0 Å². The smallest absolute Gasteiger partial charge is 0.346 e. The number of ether oxygens (including phenoxy) is 2. The molecule has 0 aliphatic rings. The minimum Gasteiger partial charge on any atom is -0.490 e. The van der Waals surface area contributed by atoms with Crippen LogP contribution < -0.4 is 14.8 Å². The Morgan fingerprint density at radius 1 is 0.833 bits per heavy atom. The highest BCUT2D eigenvalue weighted by atomic mass is 16.5. The van der Waals surface area contributed by atoms with Crippen molar-refractivity contribution < 1.29 is 9.47 Å². The first-order chi connectivity index (χ1) is 14.8. The van der Waals surface area contributed by atoms with Crippen LogP contribution in [0, 0.1) is 0 Å². The van der Waals surface area contributed by atoms with E-state index in [4.69, 9.17) is 9.47 Å². The molecular weight excluding hydrogens is 378 g/mol. The van der Waals surface area contributed by atoms with Crippen LogP contribution in [0.15, 0.2) is 78.9 Å². The van der Waals surface area contributed by atoms with E-state index < -0.39 is 0 Å². The summed E-state index contributed by atoms with van der Waals surface area (Å²) in [5.74, 6) is 1.22. The van der Waals surface area contributed by atoms with Crippen molar-refractivity contribution >= 4 is 0 Å². The molecule has 1 heterocycles. The lowest BCUT2D eigenvalue weighted by molar-refractivity contribution is 0.315. The second kappa shape index (κ2) is 9.67. The maximum Gasteiger partial charge on any atom is 0.346 e. The molecule has 0 atom stereocenters. The predicted octanol–water partition coefficient (Wildman–Crippen LogP) is 4.14. The lowest BCUT2D eigenvalue weighted by Gasteiger charge is -2.13. The molecule has 4 aromatic rings. The van der Waals surface area contributed by atoms with Gasteiger partial charge in [0.15, 0.2) is 11.5 Å². The number of hydrogen-bond acceptors (Lipinski definition) is 6. The van der Waals surface area contributed by atoms with E-state index in [1.807, 2.05) is 73.7 Å². The molecule has 0 fully saturated rings. The Bertz CT molecular complexity index is 1070. The highest BCUT2D eigenvalue weighted by molar-refractivity contribution is 5.45. The normalized spacial score (nSPS) is 10.7. The summed E-state index contributed by atoms with van der Waals surface area (Å²) in [5, 5.41) is 15.2. The highest BCUT2D eigenvalue weighted by Gasteiger charge is 2.14. The lowest BCUT2D eigenvalue weighted by Crippen LogP contribution is -2.12. The SMILES string of the molecule is CCOc1cc(CNCc2ccccc2)ccc1Oc1nnnn1-c1ccccc1. The van der Waals surface area contributed by atoms with Crippen LogP contribution in [-0.2, 0) is 13.1 Å². The number of nitrogens with one attached hydrogen (secondary N) is 1. The monoisotopic (exact) mass is 401 g/mol. The summed E-state index contributed by atoms with van der Waals surface area (Å²) in [5.41, 5.74) is 3.16. The Kier molecular flexibility index (Phi) is 6.31. The number of benzene rings is 3. The van der Waals surface area contributed by atoms with E-state index in [1.165, 1.54) is 5.56 Å². The largest absolute Gasteiger partial charge is 0.490 e. The van der Waals surface area contributed by atoms with E-state index in [2.05, 4.69) is 33.0 Å². The molecule has 4 rings (SSSR count). The van der Waals surface area contributed by atoms with Crippen molar-refractivity contribution in [3.8, 4) is 23.2 Å². The third-order valence-electron chi connectivity index (χ3n) is 4.45. The molecule has 0 saturated heterocycles. The van der Waals surface area contributed by atoms with Crippen LogP contribution >= 0.6 is 0 Å². The minimum absolute atomic E-state index is 0.275. The van der Waals surface area contributed by atoms with Gasteiger partial charge in [-0.3, -0.25) is 0 Å². The van der Waals surface area contributed by atoms with Crippen molar-refractivity contribution in [3.05, 3.63) is 90.0 Å². The van der Waals surface area contributed by atoms with E-state index in [-0.39, 0.29) is 6.01 Å². The fraction of sp³-hybridized carbons (Fsp3) is 0.174. The molecule has 1 aromatic heterocycles. The Hall–Kier alpha value is -3.71. The summed E-state index contributed by atoms with van der Waals surface area (Å²) in [6.45, 7) is 3.99. The molecule has 30 heavy (non-hydrogen) atoms. The number of rotatable bonds is 9. The van der Waals surface area contributed by atoms with Crippen LogP contribution in [0.1, 0.15) is 18.1 Å². The maximum atomic E-state index is 6.00. The van der Waals surface area contributed by atoms with Crippen molar-refractivity contribution in [1.29, 1.82) is 0 Å². The molecule has 7 nitrogen and oxygen atoms in total. The van der Waals surface area contributed by atoms with Crippen LogP contribution in [0.5, 0.6) is 17.5 Å². The first kappa shape index (κ1) is 19.6. The third kappa shape index (κ3) is 4.82. The lowest BCUT2D eigenvalue weighted by atomic mass is 10.2. The highest BCUT2D eigenvalue weighted by Crippen LogP contribution is 2.32. The van der Waals surface area contributed by atoms with Crippen LogP contribution in [0.3, 0.4) is 0 Å². The van der Waals surface area contributed by atoms with Crippen LogP contribution in [0.2, 0.25) is 0 Å². The molecule has 0 unspecified atom stereocenters. The summed E-state index contributed by atoms with van der Waals surface area (Å²) in [7, 11) is 0. The van der Waals surface area contributed by atoms with Gasteiger partial charge in [-0.25, -0.2) is 0 Å². The Balaban J connectivity index is 1.48. The second-order valence-electron chi connectivity index (χ2n) is 6.61. The molecule has 0 amide bonds. The van der Waals surface area contributed by atoms with Crippen molar-refractivity contribution in [2.45, 2.75) is 20.0 Å². The fourth-order valence-corrected chi connectivity index (χ4v) is 3.03. The van der Waals surface area contributed by atoms with Crippen LogP contribution in [0.4, 0.5) is 0 Å². The van der Waals surface area contributed by atoms with Gasteiger partial charge in [0.2, 0.25) is 0 Å². The van der Waals surface area contributed by atoms with E-state index in [0.29, 0.717) is 18.1 Å². The van der Waals surface area contributed by atoms with Gasteiger partial charge in [0.25, 0.3) is 0 Å². The average Bonchev–Trinajstić information content (AvgIpc) is 3.25. The standard InChI is InChI=1S/C23H23N5O2/c1-2-29-22-15-19(17-24-16-18-9-5-3-6-10-18)13-14-21(22)30-23-25-26-27-28(23)20-11-7-4-8-12-20/h3-15,24H,2,16-17H2,1H3. The van der Waals surface area contributed by atoms with Gasteiger partial charge < -0.3 is 14.8 Å². The Morgan fingerprint density at radius 2 is 1.57 bits per heavy atom. The maximum absolute atomic E-state index is 6.00. The summed E-state index contributed by atoms with van der Waals surface area (Å²) in [6, 6.07) is 26.1. The summed E-state index contributed by atoms with van der Waals surface area (Å²) < 4.78 is 13.4. The van der Waals surface area contributed by atoms with Gasteiger partial charge >= 0.3 is 6.01 Å². The number of nitrogens with zero attached hydrogens (tertiary/aromatic N) is 4. The van der Waals surface area contributed by atoms with E-state index in [9.17, 15) is 0 Å². The van der Waals surface area contributed by atoms with Crippen LogP contribution in [-0.4, -0.2) is 26.8 Å². The predicted molar refractivity (Wildman–Crippen MR) is 114 cm³/mol. The quantitative estimate of drug-likeness (QED) is 0.454. The molecule has 1 N–H and O–H groups in total. The first-order valence-electron chi connectivity index (χ1n) is 9.85. The van der Waals surface area contributed by atoms with Crippen molar-refractivity contribution in [3.63, 3.8) is 0 Å². The van der Waals surface area contributed by atoms with Gasteiger partial charge in [0, 0.05) is 13.1 Å². The van der Waals surface area contributed by atoms with Crippen molar-refractivity contribution in [2.24, 2.45) is 0 Å². The number of aromatic nitrogens is 4. The molecule has 7 heteroatoms. The fourth-order valence-electron chi connectivity index (χ4n) is 3.03. The third-order valence-corrected chi connectivity index (χ3v) is 4.45. The topological polar surface area (TPSA) is 74.1 Å². The van der Waals surface area contributed by atoms with Gasteiger partial charge in [0.1, 0.15) is 0 Å². The van der Waals surface area contributed by atoms with Gasteiger partial charge in [0.05, 0.1) is 12.3 Å². The molecular formula is C23H23N5O2. The number of para-hydroxylation sites is 1. The van der Waals surface area contributed by atoms with E-state index >= 15 is 0 Å². The zero-order chi connectivity index (χ0) is 20.6. The van der Waals surface area contributed by atoms with Crippen molar-refractivity contribution in [1.82, 2.24) is 25.5 Å². The van der Waals surface area contributed by atoms with Crippen molar-refractivity contribution in [2.75, 3.05) is 6.61 Å². The second-order valence-corrected chi connectivity index (χ2v) is 6.61. The zero-order valence-electron chi connectivity index (χ0n) is 16.7. The number of hydrogen-bond donors (Lipinski definition) is 1. The average molecular weight is 401 g/mol. The molecule has 3 aromatic carbocycles. The molecule has 0 saturated carbocycles. The molecule has 0 aliphatic heterocycles. The number of tetrazole rings is 1. The molecule has 0 radical (unpaired) electrons. The summed E-state index contributed by atoms with van der Waals surface area (Å²) in [6.07, 6.45) is 0. The Labute approximate surface area is 175 Å². The minimum atomic E-state index is 0.275. The van der Waals surface area contributed by atoms with Gasteiger partial charge in [-0.2, -0.15) is 4.68 Å². The summed E-state index contributed by atoms with van der Waals surface area (Å²) >= 11 is 0. The van der Waals surface area contributed by atoms with E-state index in [0.717, 1.165) is 24.3 Å². The molecule has 152 valence electrons. The molecule has 0 bridgehead atoms. The van der Waals surface area contributed by atoms with Crippen LogP contribution in [0.25, 0.3) is 5.69 Å². The first-order valence-corrected chi connectivity index (χ1v) is 9.85. The molecule has 0 aliphatic carbocycles.